The Morgan fingerprint density at radius 3 is 1.64 bits per heavy atom. The van der Waals surface area contributed by atoms with E-state index in [0.717, 1.165) is 0 Å². The van der Waals surface area contributed by atoms with Crippen molar-refractivity contribution in [3.63, 3.8) is 0 Å². The first kappa shape index (κ1) is 7.78. The molecule has 0 aromatic carbocycles. The average Bonchev–Trinajstić information content (AvgIpc) is 2.33. The lowest BCUT2D eigenvalue weighted by Crippen LogP contribution is -2.31. The van der Waals surface area contributed by atoms with Crippen molar-refractivity contribution >= 4 is 11.8 Å². The predicted molar refractivity (Wildman–Crippen MR) is 39.0 cm³/mol. The first-order chi connectivity index (χ1) is 5.11. The Labute approximate surface area is 65.1 Å². The molecule has 0 aromatic rings. The molecule has 0 saturated heterocycles. The molecule has 0 aliphatic carbocycles. The number of nitrogens with zero attached hydrogens (tertiary/aromatic N) is 2. The Morgan fingerprint density at radius 1 is 1.09 bits per heavy atom. The summed E-state index contributed by atoms with van der Waals surface area (Å²) >= 11 is 0. The molecular formula is C7H10N2O2. The second-order valence-corrected chi connectivity index (χ2v) is 2.42. The first-order valence-corrected chi connectivity index (χ1v) is 3.34. The van der Waals surface area contributed by atoms with Gasteiger partial charge in [0, 0.05) is 26.2 Å². The standard InChI is InChI=1S/C7H10N2O2/c1-6(10)8-3-4-9(5-8)7(2)11/h3-4H,5H2,1-2H3. The third kappa shape index (κ3) is 1.58. The van der Waals surface area contributed by atoms with E-state index in [0.29, 0.717) is 6.67 Å². The molecule has 1 heterocycles. The van der Waals surface area contributed by atoms with Gasteiger partial charge in [0.05, 0.1) is 0 Å². The van der Waals surface area contributed by atoms with Crippen molar-refractivity contribution in [3.05, 3.63) is 12.4 Å². The van der Waals surface area contributed by atoms with Gasteiger partial charge in [-0.05, 0) is 0 Å². The highest BCUT2D eigenvalue weighted by atomic mass is 16.2. The Balaban J connectivity index is 2.56. The van der Waals surface area contributed by atoms with Gasteiger partial charge >= 0.3 is 0 Å². The molecule has 1 aliphatic rings. The molecule has 2 amide bonds. The molecule has 0 unspecified atom stereocenters. The van der Waals surface area contributed by atoms with Crippen molar-refractivity contribution < 1.29 is 9.59 Å². The van der Waals surface area contributed by atoms with Crippen LogP contribution in [0.25, 0.3) is 0 Å². The largest absolute Gasteiger partial charge is 0.299 e. The van der Waals surface area contributed by atoms with Gasteiger partial charge in [-0.3, -0.25) is 19.4 Å². The van der Waals surface area contributed by atoms with E-state index in [1.807, 2.05) is 0 Å². The lowest BCUT2D eigenvalue weighted by Gasteiger charge is -2.14. The van der Waals surface area contributed by atoms with Crippen LogP contribution in [0.3, 0.4) is 0 Å². The van der Waals surface area contributed by atoms with Gasteiger partial charge in [-0.25, -0.2) is 0 Å². The lowest BCUT2D eigenvalue weighted by molar-refractivity contribution is -0.130. The van der Waals surface area contributed by atoms with Crippen molar-refractivity contribution in [2.75, 3.05) is 6.67 Å². The zero-order valence-electron chi connectivity index (χ0n) is 6.57. The normalized spacial score (nSPS) is 15.8. The third-order valence-electron chi connectivity index (χ3n) is 1.54. The fraction of sp³-hybridized carbons (Fsp3) is 0.429. The van der Waals surface area contributed by atoms with Gasteiger partial charge in [-0.1, -0.05) is 0 Å². The van der Waals surface area contributed by atoms with E-state index in [2.05, 4.69) is 0 Å². The average molecular weight is 154 g/mol. The molecule has 0 aromatic heterocycles. The van der Waals surface area contributed by atoms with Crippen LogP contribution in [0.15, 0.2) is 12.4 Å². The number of hydrogen-bond acceptors (Lipinski definition) is 2. The smallest absolute Gasteiger partial charge is 0.224 e. The molecule has 60 valence electrons. The minimum Gasteiger partial charge on any atom is -0.299 e. The topological polar surface area (TPSA) is 40.6 Å². The van der Waals surface area contributed by atoms with Gasteiger partial charge in [0.15, 0.2) is 0 Å². The molecule has 0 atom stereocenters. The van der Waals surface area contributed by atoms with Crippen LogP contribution in [-0.2, 0) is 9.59 Å². The molecule has 0 saturated carbocycles. The maximum absolute atomic E-state index is 10.8. The summed E-state index contributed by atoms with van der Waals surface area (Å²) in [5, 5.41) is 0. The highest BCUT2D eigenvalue weighted by Crippen LogP contribution is 2.05. The second kappa shape index (κ2) is 2.74. The molecule has 0 spiro atoms. The maximum atomic E-state index is 10.8. The minimum atomic E-state index is -0.0509. The zero-order valence-corrected chi connectivity index (χ0v) is 6.57. The fourth-order valence-corrected chi connectivity index (χ4v) is 0.828. The van der Waals surface area contributed by atoms with Crippen LogP contribution in [0.5, 0.6) is 0 Å². The number of carbonyl (C=O) groups is 2. The summed E-state index contributed by atoms with van der Waals surface area (Å²) in [7, 11) is 0. The molecule has 1 rings (SSSR count). The van der Waals surface area contributed by atoms with Gasteiger partial charge in [0.1, 0.15) is 6.67 Å². The minimum absolute atomic E-state index is 0.0509. The van der Waals surface area contributed by atoms with Crippen molar-refractivity contribution in [2.45, 2.75) is 13.8 Å². The van der Waals surface area contributed by atoms with Gasteiger partial charge in [0.2, 0.25) is 11.8 Å². The van der Waals surface area contributed by atoms with E-state index >= 15 is 0 Å². The summed E-state index contributed by atoms with van der Waals surface area (Å²) in [6.07, 6.45) is 3.20. The van der Waals surface area contributed by atoms with Crippen LogP contribution in [-0.4, -0.2) is 28.3 Å². The Kier molecular flexibility index (Phi) is 1.94. The highest BCUT2D eigenvalue weighted by Gasteiger charge is 2.17. The van der Waals surface area contributed by atoms with Crippen LogP contribution < -0.4 is 0 Å². The summed E-state index contributed by atoms with van der Waals surface area (Å²) < 4.78 is 0. The van der Waals surface area contributed by atoms with E-state index in [9.17, 15) is 9.59 Å². The van der Waals surface area contributed by atoms with E-state index in [-0.39, 0.29) is 11.8 Å². The fourth-order valence-electron chi connectivity index (χ4n) is 0.828. The first-order valence-electron chi connectivity index (χ1n) is 3.34. The molecule has 4 nitrogen and oxygen atoms in total. The molecular weight excluding hydrogens is 144 g/mol. The van der Waals surface area contributed by atoms with Crippen LogP contribution in [0.2, 0.25) is 0 Å². The van der Waals surface area contributed by atoms with Crippen LogP contribution in [0.1, 0.15) is 13.8 Å². The molecule has 0 bridgehead atoms. The second-order valence-electron chi connectivity index (χ2n) is 2.42. The summed E-state index contributed by atoms with van der Waals surface area (Å²) in [4.78, 5) is 24.4. The Bertz CT molecular complexity index is 200. The zero-order chi connectivity index (χ0) is 8.43. The van der Waals surface area contributed by atoms with E-state index < -0.39 is 0 Å². The third-order valence-corrected chi connectivity index (χ3v) is 1.54. The molecule has 11 heavy (non-hydrogen) atoms. The van der Waals surface area contributed by atoms with Gasteiger partial charge in [-0.15, -0.1) is 0 Å². The maximum Gasteiger partial charge on any atom is 0.224 e. The quantitative estimate of drug-likeness (QED) is 0.497. The molecule has 0 radical (unpaired) electrons. The number of amides is 2. The van der Waals surface area contributed by atoms with Gasteiger partial charge in [-0.2, -0.15) is 0 Å². The molecule has 0 N–H and O–H groups in total. The number of carbonyl (C=O) groups excluding carboxylic acids is 2. The summed E-state index contributed by atoms with van der Waals surface area (Å²) in [5.74, 6) is -0.102. The molecule has 0 fully saturated rings. The van der Waals surface area contributed by atoms with Crippen LogP contribution in [0, 0.1) is 0 Å². The number of rotatable bonds is 0. The van der Waals surface area contributed by atoms with E-state index in [1.165, 1.54) is 23.6 Å². The lowest BCUT2D eigenvalue weighted by atomic mass is 10.6. The van der Waals surface area contributed by atoms with Crippen LogP contribution >= 0.6 is 0 Å². The van der Waals surface area contributed by atoms with Crippen LogP contribution in [0.4, 0.5) is 0 Å². The van der Waals surface area contributed by atoms with Crippen molar-refractivity contribution in [1.29, 1.82) is 0 Å². The van der Waals surface area contributed by atoms with E-state index in [4.69, 9.17) is 0 Å². The predicted octanol–water partition coefficient (Wildman–Crippen LogP) is 0.126. The molecule has 1 aliphatic heterocycles. The summed E-state index contributed by atoms with van der Waals surface area (Å²) in [6, 6.07) is 0. The Hall–Kier alpha value is -1.32. The van der Waals surface area contributed by atoms with Crippen molar-refractivity contribution in [1.82, 2.24) is 9.80 Å². The van der Waals surface area contributed by atoms with Gasteiger partial charge in [0.25, 0.3) is 0 Å². The Morgan fingerprint density at radius 2 is 1.45 bits per heavy atom. The molecule has 4 heteroatoms. The number of hydrogen-bond donors (Lipinski definition) is 0. The highest BCUT2D eigenvalue weighted by molar-refractivity contribution is 5.78. The summed E-state index contributed by atoms with van der Waals surface area (Å²) in [5.41, 5.74) is 0. The SMILES string of the molecule is CC(=O)N1C=CN(C(C)=O)C1. The van der Waals surface area contributed by atoms with Gasteiger partial charge < -0.3 is 0 Å². The van der Waals surface area contributed by atoms with Crippen molar-refractivity contribution in [3.8, 4) is 0 Å². The summed E-state index contributed by atoms with van der Waals surface area (Å²) in [6.45, 7) is 3.28. The monoisotopic (exact) mass is 154 g/mol. The van der Waals surface area contributed by atoms with Crippen molar-refractivity contribution in [2.24, 2.45) is 0 Å². The van der Waals surface area contributed by atoms with E-state index in [1.54, 1.807) is 12.4 Å².